The molecule has 0 aliphatic rings. The Labute approximate surface area is 120 Å². The minimum atomic E-state index is -4.61. The molecule has 1 atom stereocenters. The maximum atomic E-state index is 12.9. The third kappa shape index (κ3) is 4.21. The molecule has 7 heteroatoms. The van der Waals surface area contributed by atoms with Crippen LogP contribution in [0.25, 0.3) is 0 Å². The van der Waals surface area contributed by atoms with Crippen molar-refractivity contribution in [1.29, 1.82) is 0 Å². The van der Waals surface area contributed by atoms with Crippen molar-refractivity contribution in [1.82, 2.24) is 4.90 Å². The van der Waals surface area contributed by atoms with Crippen LogP contribution in [0.15, 0.2) is 24.3 Å². The van der Waals surface area contributed by atoms with Crippen molar-refractivity contribution in [2.45, 2.75) is 13.1 Å². The third-order valence-electron chi connectivity index (χ3n) is 2.96. The lowest BCUT2D eigenvalue weighted by atomic mass is 10.1. The SMILES string of the molecule is COC(=O)C(C)CN(C)C(=O)c1ccccc1C(F)(F)F. The lowest BCUT2D eigenvalue weighted by molar-refractivity contribution is -0.145. The predicted molar refractivity (Wildman–Crippen MR) is 69.6 cm³/mol. The van der Waals surface area contributed by atoms with Gasteiger partial charge >= 0.3 is 12.1 Å². The molecule has 0 aliphatic heterocycles. The van der Waals surface area contributed by atoms with Gasteiger partial charge in [0.05, 0.1) is 24.2 Å². The first kappa shape index (κ1) is 17.0. The fourth-order valence-electron chi connectivity index (χ4n) is 1.89. The Morgan fingerprint density at radius 2 is 1.86 bits per heavy atom. The van der Waals surface area contributed by atoms with Gasteiger partial charge in [0.15, 0.2) is 0 Å². The number of halogens is 3. The van der Waals surface area contributed by atoms with Crippen LogP contribution in [0, 0.1) is 5.92 Å². The monoisotopic (exact) mass is 303 g/mol. The van der Waals surface area contributed by atoms with Gasteiger partial charge in [0, 0.05) is 13.6 Å². The smallest absolute Gasteiger partial charge is 0.417 e. The molecule has 0 fully saturated rings. The summed E-state index contributed by atoms with van der Waals surface area (Å²) in [6, 6.07) is 4.55. The van der Waals surface area contributed by atoms with Gasteiger partial charge in [0.2, 0.25) is 0 Å². The number of rotatable bonds is 4. The zero-order valence-corrected chi connectivity index (χ0v) is 11.9. The van der Waals surface area contributed by atoms with Gasteiger partial charge in [-0.2, -0.15) is 13.2 Å². The molecule has 1 aromatic carbocycles. The van der Waals surface area contributed by atoms with Crippen molar-refractivity contribution in [3.8, 4) is 0 Å². The first-order valence-corrected chi connectivity index (χ1v) is 6.18. The van der Waals surface area contributed by atoms with Crippen LogP contribution >= 0.6 is 0 Å². The fourth-order valence-corrected chi connectivity index (χ4v) is 1.89. The molecule has 116 valence electrons. The molecule has 0 saturated heterocycles. The van der Waals surface area contributed by atoms with Gasteiger partial charge in [-0.15, -0.1) is 0 Å². The van der Waals surface area contributed by atoms with E-state index in [0.29, 0.717) is 0 Å². The van der Waals surface area contributed by atoms with Gasteiger partial charge in [-0.1, -0.05) is 19.1 Å². The summed E-state index contributed by atoms with van der Waals surface area (Å²) >= 11 is 0. The van der Waals surface area contributed by atoms with E-state index in [1.807, 2.05) is 0 Å². The number of ether oxygens (including phenoxy) is 1. The predicted octanol–water partition coefficient (Wildman–Crippen LogP) is 2.59. The Balaban J connectivity index is 2.96. The number of hydrogen-bond donors (Lipinski definition) is 0. The summed E-state index contributed by atoms with van der Waals surface area (Å²) in [5.74, 6) is -1.94. The quantitative estimate of drug-likeness (QED) is 0.803. The molecule has 21 heavy (non-hydrogen) atoms. The highest BCUT2D eigenvalue weighted by molar-refractivity contribution is 5.96. The molecule has 1 aromatic rings. The number of methoxy groups -OCH3 is 1. The molecule has 0 spiro atoms. The summed E-state index contributed by atoms with van der Waals surface area (Å²) in [5.41, 5.74) is -1.43. The highest BCUT2D eigenvalue weighted by Crippen LogP contribution is 2.32. The molecule has 0 aromatic heterocycles. The molecule has 1 rings (SSSR count). The van der Waals surface area contributed by atoms with Gasteiger partial charge in [0.25, 0.3) is 5.91 Å². The molecule has 0 N–H and O–H groups in total. The van der Waals surface area contributed by atoms with E-state index in [-0.39, 0.29) is 6.54 Å². The normalized spacial score (nSPS) is 12.7. The van der Waals surface area contributed by atoms with Crippen LogP contribution in [0.3, 0.4) is 0 Å². The van der Waals surface area contributed by atoms with Gasteiger partial charge in [0.1, 0.15) is 0 Å². The number of hydrogen-bond acceptors (Lipinski definition) is 3. The second kappa shape index (κ2) is 6.60. The molecule has 4 nitrogen and oxygen atoms in total. The van der Waals surface area contributed by atoms with Crippen LogP contribution in [-0.2, 0) is 15.7 Å². The van der Waals surface area contributed by atoms with Crippen molar-refractivity contribution in [2.75, 3.05) is 20.7 Å². The Kier molecular flexibility index (Phi) is 5.34. The van der Waals surface area contributed by atoms with Crippen LogP contribution in [0.5, 0.6) is 0 Å². The standard InChI is InChI=1S/C14H16F3NO3/c1-9(13(20)21-3)8-18(2)12(19)10-6-4-5-7-11(10)14(15,16)17/h4-7,9H,8H2,1-3H3. The Morgan fingerprint density at radius 3 is 2.38 bits per heavy atom. The molecular formula is C14H16F3NO3. The summed E-state index contributed by atoms with van der Waals surface area (Å²) in [6.45, 7) is 1.50. The molecule has 0 saturated carbocycles. The maximum Gasteiger partial charge on any atom is 0.417 e. The second-order valence-corrected chi connectivity index (χ2v) is 4.65. The summed E-state index contributed by atoms with van der Waals surface area (Å²) in [7, 11) is 2.55. The number of carbonyl (C=O) groups excluding carboxylic acids is 2. The van der Waals surface area contributed by atoms with E-state index in [0.717, 1.165) is 17.0 Å². The van der Waals surface area contributed by atoms with Crippen LogP contribution < -0.4 is 0 Å². The van der Waals surface area contributed by atoms with Crippen LogP contribution in [0.4, 0.5) is 13.2 Å². The number of alkyl halides is 3. The molecule has 0 aliphatic carbocycles. The number of esters is 1. The number of nitrogens with zero attached hydrogens (tertiary/aromatic N) is 1. The molecule has 0 heterocycles. The van der Waals surface area contributed by atoms with E-state index >= 15 is 0 Å². The van der Waals surface area contributed by atoms with E-state index in [1.165, 1.54) is 33.2 Å². The van der Waals surface area contributed by atoms with Gasteiger partial charge in [-0.25, -0.2) is 0 Å². The summed E-state index contributed by atoms with van der Waals surface area (Å²) in [5, 5.41) is 0. The Morgan fingerprint density at radius 1 is 1.29 bits per heavy atom. The molecule has 0 radical (unpaired) electrons. The first-order valence-electron chi connectivity index (χ1n) is 6.18. The van der Waals surface area contributed by atoms with E-state index in [4.69, 9.17) is 0 Å². The fraction of sp³-hybridized carbons (Fsp3) is 0.429. The lowest BCUT2D eigenvalue weighted by Gasteiger charge is -2.22. The van der Waals surface area contributed by atoms with Crippen molar-refractivity contribution in [2.24, 2.45) is 5.92 Å². The van der Waals surface area contributed by atoms with Crippen LogP contribution in [0.2, 0.25) is 0 Å². The molecule has 0 bridgehead atoms. The largest absolute Gasteiger partial charge is 0.469 e. The van der Waals surface area contributed by atoms with E-state index in [9.17, 15) is 22.8 Å². The summed E-state index contributed by atoms with van der Waals surface area (Å²) in [4.78, 5) is 24.5. The van der Waals surface area contributed by atoms with Crippen molar-refractivity contribution < 1.29 is 27.5 Å². The topological polar surface area (TPSA) is 46.6 Å². The third-order valence-corrected chi connectivity index (χ3v) is 2.96. The molecule has 1 unspecified atom stereocenters. The van der Waals surface area contributed by atoms with E-state index in [2.05, 4.69) is 4.74 Å². The highest BCUT2D eigenvalue weighted by Gasteiger charge is 2.35. The maximum absolute atomic E-state index is 12.9. The Bertz CT molecular complexity index is 528. The Hall–Kier alpha value is -2.05. The van der Waals surface area contributed by atoms with Crippen molar-refractivity contribution in [3.63, 3.8) is 0 Å². The van der Waals surface area contributed by atoms with Gasteiger partial charge < -0.3 is 9.64 Å². The second-order valence-electron chi connectivity index (χ2n) is 4.65. The van der Waals surface area contributed by atoms with Crippen molar-refractivity contribution in [3.05, 3.63) is 35.4 Å². The number of benzene rings is 1. The minimum Gasteiger partial charge on any atom is -0.469 e. The van der Waals surface area contributed by atoms with Crippen LogP contribution in [-0.4, -0.2) is 37.5 Å². The zero-order chi connectivity index (χ0) is 16.2. The highest BCUT2D eigenvalue weighted by atomic mass is 19.4. The number of amides is 1. The number of carbonyl (C=O) groups is 2. The zero-order valence-electron chi connectivity index (χ0n) is 11.9. The summed E-state index contributed by atoms with van der Waals surface area (Å²) in [6.07, 6.45) is -4.61. The van der Waals surface area contributed by atoms with Gasteiger partial charge in [-0.3, -0.25) is 9.59 Å². The van der Waals surface area contributed by atoms with Crippen molar-refractivity contribution >= 4 is 11.9 Å². The lowest BCUT2D eigenvalue weighted by Crippen LogP contribution is -2.35. The first-order chi connectivity index (χ1) is 9.68. The molecule has 1 amide bonds. The average Bonchev–Trinajstić information content (AvgIpc) is 2.44. The summed E-state index contributed by atoms with van der Waals surface area (Å²) < 4.78 is 43.1. The average molecular weight is 303 g/mol. The molecular weight excluding hydrogens is 287 g/mol. The van der Waals surface area contributed by atoms with E-state index in [1.54, 1.807) is 0 Å². The van der Waals surface area contributed by atoms with E-state index < -0.39 is 35.1 Å². The van der Waals surface area contributed by atoms with Crippen LogP contribution in [0.1, 0.15) is 22.8 Å². The minimum absolute atomic E-state index is 0.0301. The van der Waals surface area contributed by atoms with Gasteiger partial charge in [-0.05, 0) is 12.1 Å².